The summed E-state index contributed by atoms with van der Waals surface area (Å²) in [5.74, 6) is -8.34. The lowest BCUT2D eigenvalue weighted by atomic mass is 9.96. The van der Waals surface area contributed by atoms with Gasteiger partial charge in [0.25, 0.3) is 0 Å². The molecule has 3 rings (SSSR count). The summed E-state index contributed by atoms with van der Waals surface area (Å²) in [6.45, 7) is 15.5. The molecule has 0 saturated carbocycles. The van der Waals surface area contributed by atoms with E-state index in [0.29, 0.717) is 0 Å². The van der Waals surface area contributed by atoms with Crippen LogP contribution in [0.1, 0.15) is 83.1 Å². The number of hydrogen-bond acceptors (Lipinski definition) is 27. The van der Waals surface area contributed by atoms with Crippen molar-refractivity contribution in [1.82, 2.24) is 16.0 Å². The zero-order valence-electron chi connectivity index (χ0n) is 46.2. The van der Waals surface area contributed by atoms with Crippen LogP contribution in [0, 0.1) is 0 Å². The number of amides is 3. The van der Waals surface area contributed by atoms with Crippen LogP contribution in [0.4, 0.5) is 0 Å². The molecule has 3 aliphatic rings. The molecular weight excluding hydrogens is 1120 g/mol. The molecule has 0 spiro atoms. The van der Waals surface area contributed by atoms with Crippen molar-refractivity contribution in [3.63, 3.8) is 0 Å². The van der Waals surface area contributed by atoms with Crippen LogP contribution in [-0.4, -0.2) is 197 Å². The molecule has 32 nitrogen and oxygen atoms in total. The lowest BCUT2D eigenvalue weighted by Gasteiger charge is -2.46. The van der Waals surface area contributed by atoms with Gasteiger partial charge in [0, 0.05) is 68.9 Å². The van der Waals surface area contributed by atoms with E-state index >= 15 is 0 Å². The zero-order valence-corrected chi connectivity index (χ0v) is 49.0. The van der Waals surface area contributed by atoms with Crippen molar-refractivity contribution < 1.29 is 132 Å². The first-order valence-electron chi connectivity index (χ1n) is 24.5. The van der Waals surface area contributed by atoms with Gasteiger partial charge in [-0.15, -0.1) is 0 Å². The van der Waals surface area contributed by atoms with E-state index in [0.717, 1.165) is 62.3 Å². The standard InChI is InChI=1S/C44H74N4O28P2Si/c1-20(49)46-32-38(69-26(7)55)35(66-23(4)52)29(72-41(32)62-16-15-45)17-63-77(58,59)75-42-33(47-21(2)50)39(70-27(8)56)36(67-24(5)53)30(73-42)18-64-78(60,61)76-43-34(48-22(3)51)40(71-28(9)57)37(68-25(6)54)31(74-43)19-65-79(13,14)44(10,11)12/h29-43H,15-19,45H2,1-14H3,(H,46,49)(H,47,50)(H,48,51)(H,58,59)(H,60,61)/t29-,30-,31-,32+,33+,34+,35-,36-,37-,38-,39-,40-,41+,42-,43-/m1/s1. The number of nitrogens with two attached hydrogens (primary N) is 1. The van der Waals surface area contributed by atoms with E-state index in [2.05, 4.69) is 16.0 Å². The molecule has 79 heavy (non-hydrogen) atoms. The van der Waals surface area contributed by atoms with Gasteiger partial charge < -0.3 is 83.3 Å². The van der Waals surface area contributed by atoms with Crippen molar-refractivity contribution in [3.8, 4) is 0 Å². The van der Waals surface area contributed by atoms with Gasteiger partial charge in [0.2, 0.25) is 17.7 Å². The van der Waals surface area contributed by atoms with Gasteiger partial charge in [0.05, 0.1) is 26.4 Å². The fraction of sp³-hybridized carbons (Fsp3) is 0.795. The first kappa shape index (κ1) is 68.7. The Labute approximate surface area is 456 Å². The van der Waals surface area contributed by atoms with Crippen molar-refractivity contribution in [3.05, 3.63) is 0 Å². The topological polar surface area (TPSA) is 429 Å². The van der Waals surface area contributed by atoms with Gasteiger partial charge in [0.15, 0.2) is 63.8 Å². The quantitative estimate of drug-likeness (QED) is 0.0291. The van der Waals surface area contributed by atoms with E-state index in [-0.39, 0.29) is 24.8 Å². The van der Waals surface area contributed by atoms with Crippen LogP contribution in [0.5, 0.6) is 0 Å². The lowest BCUT2D eigenvalue weighted by Crippen LogP contribution is -2.67. The fourth-order valence-corrected chi connectivity index (χ4v) is 10.6. The number of carbonyl (C=O) groups is 9. The molecule has 3 saturated heterocycles. The number of ether oxygens (including phenoxy) is 10. The van der Waals surface area contributed by atoms with Crippen LogP contribution in [0.25, 0.3) is 0 Å². The summed E-state index contributed by atoms with van der Waals surface area (Å²) >= 11 is 0. The second-order valence-electron chi connectivity index (χ2n) is 19.7. The molecule has 0 aromatic rings. The highest BCUT2D eigenvalue weighted by molar-refractivity contribution is 7.47. The third-order valence-electron chi connectivity index (χ3n) is 12.0. The predicted octanol–water partition coefficient (Wildman–Crippen LogP) is -0.470. The van der Waals surface area contributed by atoms with Gasteiger partial charge in [0.1, 0.15) is 36.4 Å². The fourth-order valence-electron chi connectivity index (χ4n) is 7.95. The minimum absolute atomic E-state index is 0.0863. The molecule has 0 aliphatic carbocycles. The summed E-state index contributed by atoms with van der Waals surface area (Å²) in [4.78, 5) is 135. The zero-order chi connectivity index (χ0) is 60.1. The van der Waals surface area contributed by atoms with E-state index in [1.807, 2.05) is 33.9 Å². The van der Waals surface area contributed by atoms with Gasteiger partial charge in [-0.3, -0.25) is 61.2 Å². The van der Waals surface area contributed by atoms with Crippen molar-refractivity contribution in [1.29, 1.82) is 0 Å². The Balaban J connectivity index is 2.09. The predicted molar refractivity (Wildman–Crippen MR) is 264 cm³/mol. The Morgan fingerprint density at radius 2 is 0.772 bits per heavy atom. The summed E-state index contributed by atoms with van der Waals surface area (Å²) in [5, 5.41) is 6.83. The molecule has 17 atom stereocenters. The minimum atomic E-state index is -5.67. The highest BCUT2D eigenvalue weighted by atomic mass is 31.2. The highest BCUT2D eigenvalue weighted by Crippen LogP contribution is 2.50. The molecule has 3 amide bonds. The number of hydrogen-bond donors (Lipinski definition) is 6. The van der Waals surface area contributed by atoms with Crippen LogP contribution in [0.15, 0.2) is 0 Å². The van der Waals surface area contributed by atoms with E-state index in [1.165, 1.54) is 0 Å². The highest BCUT2D eigenvalue weighted by Gasteiger charge is 2.57. The number of rotatable bonds is 25. The van der Waals surface area contributed by atoms with E-state index in [4.69, 9.17) is 75.6 Å². The number of esters is 6. The first-order valence-corrected chi connectivity index (χ1v) is 30.3. The summed E-state index contributed by atoms with van der Waals surface area (Å²) in [6, 6.07) is -4.98. The summed E-state index contributed by atoms with van der Waals surface area (Å²) in [5.41, 5.74) is 5.62. The lowest BCUT2D eigenvalue weighted by molar-refractivity contribution is -0.277. The smallest absolute Gasteiger partial charge is 0.456 e. The maximum Gasteiger partial charge on any atom is 0.474 e. The van der Waals surface area contributed by atoms with Crippen molar-refractivity contribution in [2.75, 3.05) is 33.0 Å². The number of phosphoric acid groups is 2. The molecule has 452 valence electrons. The maximum atomic E-state index is 14.1. The molecule has 0 bridgehead atoms. The molecule has 35 heteroatoms. The van der Waals surface area contributed by atoms with Crippen LogP contribution < -0.4 is 21.7 Å². The summed E-state index contributed by atoms with van der Waals surface area (Å²) < 4.78 is 112. The summed E-state index contributed by atoms with van der Waals surface area (Å²) in [6.07, 6.45) is -21.4. The third-order valence-corrected chi connectivity index (χ3v) is 18.4. The van der Waals surface area contributed by atoms with Gasteiger partial charge in [-0.25, -0.2) is 9.13 Å². The average Bonchev–Trinajstić information content (AvgIpc) is 3.29. The summed E-state index contributed by atoms with van der Waals surface area (Å²) in [7, 11) is -14.0. The minimum Gasteiger partial charge on any atom is -0.456 e. The Morgan fingerprint density at radius 1 is 0.494 bits per heavy atom. The SMILES string of the molecule is CC(=O)N[C@@H]1[C@@H](OP(=O)(O)OC[C@H]2O[C@H](OP(=O)(O)OC[C@H]3O[C@H](OCCN)[C@@H](NC(C)=O)[C@@H](OC(C)=O)[C@@H]3OC(C)=O)[C@@H](NC(C)=O)[C@@H](OC(C)=O)[C@@H]2OC(C)=O)O[C@H](CO[Si](C)(C)C(C)(C)C)[C@@H](OC(C)=O)[C@@H]1OC(C)=O. The normalized spacial score (nSPS) is 30.6. The Bertz CT molecular complexity index is 2290. The van der Waals surface area contributed by atoms with Crippen molar-refractivity contribution in [2.24, 2.45) is 5.73 Å². The maximum absolute atomic E-state index is 14.1. The van der Waals surface area contributed by atoms with Gasteiger partial charge in [-0.1, -0.05) is 20.8 Å². The molecule has 0 aromatic carbocycles. The van der Waals surface area contributed by atoms with Gasteiger partial charge in [-0.05, 0) is 18.1 Å². The van der Waals surface area contributed by atoms with Crippen LogP contribution in [-0.2, 0) is 122 Å². The van der Waals surface area contributed by atoms with E-state index in [9.17, 15) is 62.1 Å². The number of phosphoric ester groups is 2. The molecule has 3 fully saturated rings. The Hall–Kier alpha value is -4.57. The van der Waals surface area contributed by atoms with Crippen LogP contribution in [0.3, 0.4) is 0 Å². The molecule has 7 N–H and O–H groups in total. The van der Waals surface area contributed by atoms with Crippen molar-refractivity contribution >= 4 is 77.5 Å². The van der Waals surface area contributed by atoms with Crippen LogP contribution in [0.2, 0.25) is 18.1 Å². The van der Waals surface area contributed by atoms with Crippen molar-refractivity contribution in [2.45, 2.75) is 193 Å². The first-order chi connectivity index (χ1) is 36.4. The van der Waals surface area contributed by atoms with E-state index < -0.39 is 183 Å². The second-order valence-corrected chi connectivity index (χ2v) is 27.3. The molecule has 3 aliphatic heterocycles. The molecular formula is C44H74N4O28P2Si. The van der Waals surface area contributed by atoms with Crippen LogP contribution >= 0.6 is 15.6 Å². The average molecular weight is 1200 g/mol. The number of nitrogens with one attached hydrogen (secondary N) is 3. The largest absolute Gasteiger partial charge is 0.474 e. The van der Waals surface area contributed by atoms with Gasteiger partial charge in [-0.2, -0.15) is 0 Å². The Kier molecular flexibility index (Phi) is 25.6. The molecule has 3 heterocycles. The molecule has 2 unspecified atom stereocenters. The van der Waals surface area contributed by atoms with Gasteiger partial charge >= 0.3 is 51.5 Å². The number of carbonyl (C=O) groups excluding carboxylic acids is 9. The van der Waals surface area contributed by atoms with E-state index in [1.54, 1.807) is 0 Å². The monoisotopic (exact) mass is 1200 g/mol. The third kappa shape index (κ3) is 21.4. The Morgan fingerprint density at radius 3 is 1.05 bits per heavy atom. The molecule has 0 aromatic heterocycles. The second kappa shape index (κ2) is 29.4. The molecule has 0 radical (unpaired) electrons.